The summed E-state index contributed by atoms with van der Waals surface area (Å²) < 4.78 is 5.07. The van der Waals surface area contributed by atoms with E-state index in [4.69, 9.17) is 21.7 Å². The smallest absolute Gasteiger partial charge is 0.346 e. The van der Waals surface area contributed by atoms with E-state index in [1.807, 2.05) is 0 Å². The van der Waals surface area contributed by atoms with Gasteiger partial charge in [-0.05, 0) is 30.8 Å². The molecule has 0 unspecified atom stereocenters. The number of hydrogen-bond acceptors (Lipinski definition) is 6. The van der Waals surface area contributed by atoms with E-state index in [0.717, 1.165) is 0 Å². The SMILES string of the molecule is O=C(O)CCCNc1c([N+](=O)[O-])c(=S)oc2ccccc12. The summed E-state index contributed by atoms with van der Waals surface area (Å²) in [6, 6.07) is 6.81. The number of fused-ring (bicyclic) bond motifs is 1. The van der Waals surface area contributed by atoms with Crippen LogP contribution < -0.4 is 5.32 Å². The minimum Gasteiger partial charge on any atom is -0.481 e. The van der Waals surface area contributed by atoms with E-state index in [0.29, 0.717) is 17.4 Å². The number of rotatable bonds is 6. The molecular weight excluding hydrogens is 296 g/mol. The average Bonchev–Trinajstić information content (AvgIpc) is 2.42. The summed E-state index contributed by atoms with van der Waals surface area (Å²) in [6.07, 6.45) is 0.330. The molecule has 0 aliphatic carbocycles. The molecule has 1 aromatic carbocycles. The van der Waals surface area contributed by atoms with Gasteiger partial charge in [-0.2, -0.15) is 0 Å². The average molecular weight is 308 g/mol. The Morgan fingerprint density at radius 3 is 2.81 bits per heavy atom. The van der Waals surface area contributed by atoms with Crippen LogP contribution in [0.15, 0.2) is 28.7 Å². The molecule has 0 saturated carbocycles. The standard InChI is InChI=1S/C13H12N2O5S/c16-10(17)6-3-7-14-11-8-4-1-2-5-9(8)20-13(21)12(11)15(18)19/h1-2,4-5,14H,3,6-7H2,(H,16,17). The number of benzene rings is 1. The van der Waals surface area contributed by atoms with Gasteiger partial charge >= 0.3 is 11.7 Å². The Bertz CT molecular complexity index is 756. The minimum atomic E-state index is -0.914. The zero-order chi connectivity index (χ0) is 15.4. The molecule has 0 fully saturated rings. The van der Waals surface area contributed by atoms with Crippen molar-refractivity contribution in [3.05, 3.63) is 39.1 Å². The van der Waals surface area contributed by atoms with Crippen LogP contribution in [-0.4, -0.2) is 22.5 Å². The van der Waals surface area contributed by atoms with Crippen LogP contribution in [-0.2, 0) is 4.79 Å². The number of hydrogen-bond donors (Lipinski definition) is 2. The molecule has 0 saturated heterocycles. The first-order chi connectivity index (χ1) is 10.0. The van der Waals surface area contributed by atoms with Crippen LogP contribution in [0.1, 0.15) is 12.8 Å². The van der Waals surface area contributed by atoms with Gasteiger partial charge in [0, 0.05) is 18.4 Å². The molecule has 2 rings (SSSR count). The third-order valence-electron chi connectivity index (χ3n) is 2.84. The van der Waals surface area contributed by atoms with Crippen molar-refractivity contribution in [3.8, 4) is 0 Å². The second-order valence-corrected chi connectivity index (χ2v) is 4.66. The van der Waals surface area contributed by atoms with Gasteiger partial charge < -0.3 is 14.8 Å². The maximum Gasteiger partial charge on any atom is 0.346 e. The van der Waals surface area contributed by atoms with Gasteiger partial charge in [0.2, 0.25) is 0 Å². The van der Waals surface area contributed by atoms with Crippen LogP contribution in [0.2, 0.25) is 0 Å². The molecule has 1 heterocycles. The quantitative estimate of drug-likeness (QED) is 0.365. The lowest BCUT2D eigenvalue weighted by molar-refractivity contribution is -0.385. The first-order valence-corrected chi connectivity index (χ1v) is 6.57. The fourth-order valence-electron chi connectivity index (χ4n) is 1.94. The Hall–Kier alpha value is -2.48. The Balaban J connectivity index is 2.42. The van der Waals surface area contributed by atoms with Crippen molar-refractivity contribution in [1.29, 1.82) is 0 Å². The van der Waals surface area contributed by atoms with Crippen molar-refractivity contribution in [2.24, 2.45) is 0 Å². The highest BCUT2D eigenvalue weighted by atomic mass is 32.1. The molecule has 2 aromatic rings. The lowest BCUT2D eigenvalue weighted by Crippen LogP contribution is -2.07. The van der Waals surface area contributed by atoms with Gasteiger partial charge in [-0.15, -0.1) is 0 Å². The van der Waals surface area contributed by atoms with Gasteiger partial charge in [0.25, 0.3) is 4.71 Å². The molecule has 0 aliphatic rings. The summed E-state index contributed by atoms with van der Waals surface area (Å²) in [5, 5.41) is 23.2. The van der Waals surface area contributed by atoms with Gasteiger partial charge in [0.15, 0.2) is 0 Å². The van der Waals surface area contributed by atoms with Crippen molar-refractivity contribution in [2.75, 3.05) is 11.9 Å². The van der Waals surface area contributed by atoms with E-state index in [2.05, 4.69) is 5.32 Å². The molecule has 1 aromatic heterocycles. The minimum absolute atomic E-state index is 0.0172. The van der Waals surface area contributed by atoms with Crippen LogP contribution >= 0.6 is 12.2 Å². The van der Waals surface area contributed by atoms with E-state index in [1.165, 1.54) is 0 Å². The van der Waals surface area contributed by atoms with Crippen molar-refractivity contribution in [3.63, 3.8) is 0 Å². The Morgan fingerprint density at radius 1 is 1.43 bits per heavy atom. The lowest BCUT2D eigenvalue weighted by atomic mass is 10.2. The monoisotopic (exact) mass is 308 g/mol. The zero-order valence-electron chi connectivity index (χ0n) is 10.9. The van der Waals surface area contributed by atoms with Crippen molar-refractivity contribution >= 4 is 40.5 Å². The normalized spacial score (nSPS) is 10.5. The molecule has 0 bridgehead atoms. The summed E-state index contributed by atoms with van der Waals surface area (Å²) in [7, 11) is 0. The number of para-hydroxylation sites is 1. The highest BCUT2D eigenvalue weighted by molar-refractivity contribution is 7.71. The van der Waals surface area contributed by atoms with Crippen LogP contribution in [0, 0.1) is 14.8 Å². The third kappa shape index (κ3) is 3.34. The van der Waals surface area contributed by atoms with Crippen LogP contribution in [0.5, 0.6) is 0 Å². The number of nitrogens with zero attached hydrogens (tertiary/aromatic N) is 1. The molecule has 0 amide bonds. The van der Waals surface area contributed by atoms with Gasteiger partial charge in [-0.25, -0.2) is 0 Å². The van der Waals surface area contributed by atoms with Gasteiger partial charge in [-0.3, -0.25) is 14.9 Å². The fraction of sp³-hybridized carbons (Fsp3) is 0.231. The number of aliphatic carboxylic acids is 1. The molecule has 7 nitrogen and oxygen atoms in total. The summed E-state index contributed by atoms with van der Waals surface area (Å²) in [6.45, 7) is 0.288. The predicted octanol–water partition coefficient (Wildman–Crippen LogP) is 3.35. The summed E-state index contributed by atoms with van der Waals surface area (Å²) in [4.78, 5) is 21.1. The summed E-state index contributed by atoms with van der Waals surface area (Å²) in [5.41, 5.74) is 0.394. The van der Waals surface area contributed by atoms with Crippen molar-refractivity contribution in [2.45, 2.75) is 12.8 Å². The molecule has 110 valence electrons. The molecule has 8 heteroatoms. The molecule has 21 heavy (non-hydrogen) atoms. The number of nitro groups is 1. The largest absolute Gasteiger partial charge is 0.481 e. The maximum absolute atomic E-state index is 11.2. The fourth-order valence-corrected chi connectivity index (χ4v) is 2.20. The molecule has 0 atom stereocenters. The van der Waals surface area contributed by atoms with Crippen LogP contribution in [0.3, 0.4) is 0 Å². The number of anilines is 1. The van der Waals surface area contributed by atoms with E-state index in [9.17, 15) is 14.9 Å². The molecule has 2 N–H and O–H groups in total. The Labute approximate surface area is 124 Å². The van der Waals surface area contributed by atoms with Gasteiger partial charge in [0.05, 0.1) is 4.92 Å². The zero-order valence-corrected chi connectivity index (χ0v) is 11.7. The van der Waals surface area contributed by atoms with E-state index < -0.39 is 10.9 Å². The summed E-state index contributed by atoms with van der Waals surface area (Å²) >= 11 is 4.92. The van der Waals surface area contributed by atoms with E-state index in [-0.39, 0.29) is 29.0 Å². The number of nitrogens with one attached hydrogen (secondary N) is 1. The second kappa shape index (κ2) is 6.31. The van der Waals surface area contributed by atoms with Gasteiger partial charge in [-0.1, -0.05) is 12.1 Å². The first-order valence-electron chi connectivity index (χ1n) is 6.16. The third-order valence-corrected chi connectivity index (χ3v) is 3.12. The van der Waals surface area contributed by atoms with Crippen LogP contribution in [0.25, 0.3) is 11.0 Å². The Kier molecular flexibility index (Phi) is 4.49. The predicted molar refractivity (Wildman–Crippen MR) is 79.1 cm³/mol. The Morgan fingerprint density at radius 2 is 2.14 bits per heavy atom. The second-order valence-electron chi connectivity index (χ2n) is 4.29. The van der Waals surface area contributed by atoms with Crippen molar-refractivity contribution < 1.29 is 19.2 Å². The molecule has 0 spiro atoms. The van der Waals surface area contributed by atoms with Gasteiger partial charge in [0.1, 0.15) is 11.3 Å². The molecule has 0 radical (unpaired) electrons. The van der Waals surface area contributed by atoms with Crippen LogP contribution in [0.4, 0.5) is 11.4 Å². The topological polar surface area (TPSA) is 106 Å². The highest BCUT2D eigenvalue weighted by Gasteiger charge is 2.21. The highest BCUT2D eigenvalue weighted by Crippen LogP contribution is 2.34. The number of carboxylic acids is 1. The maximum atomic E-state index is 11.2. The lowest BCUT2D eigenvalue weighted by Gasteiger charge is -2.09. The molecular formula is C13H12N2O5S. The summed E-state index contributed by atoms with van der Waals surface area (Å²) in [5.74, 6) is -0.914. The van der Waals surface area contributed by atoms with E-state index >= 15 is 0 Å². The number of carbonyl (C=O) groups is 1. The molecule has 0 aliphatic heterocycles. The number of carboxylic acid groups (broad SMARTS) is 1. The van der Waals surface area contributed by atoms with Crippen molar-refractivity contribution in [1.82, 2.24) is 0 Å². The van der Waals surface area contributed by atoms with E-state index in [1.54, 1.807) is 24.3 Å². The first kappa shape index (κ1) is 14.9.